The lowest BCUT2D eigenvalue weighted by molar-refractivity contribution is -0.144. The predicted molar refractivity (Wildman–Crippen MR) is 49.6 cm³/mol. The molecule has 0 spiro atoms. The summed E-state index contributed by atoms with van der Waals surface area (Å²) in [5.74, 6) is -0.540. The fraction of sp³-hybridized carbons (Fsp3) is 0.800. The van der Waals surface area contributed by atoms with Gasteiger partial charge in [-0.1, -0.05) is 0 Å². The van der Waals surface area contributed by atoms with Crippen molar-refractivity contribution in [2.45, 2.75) is 32.2 Å². The molecule has 0 aromatic heterocycles. The van der Waals surface area contributed by atoms with Gasteiger partial charge in [0.1, 0.15) is 0 Å². The van der Waals surface area contributed by atoms with Crippen LogP contribution < -0.4 is 5.32 Å². The average molecular weight is 197 g/mol. The van der Waals surface area contributed by atoms with Crippen molar-refractivity contribution in [3.8, 4) is 0 Å². The van der Waals surface area contributed by atoms with Crippen molar-refractivity contribution in [3.63, 3.8) is 0 Å². The molecule has 4 nitrogen and oxygen atoms in total. The van der Waals surface area contributed by atoms with Gasteiger partial charge in [-0.25, -0.2) is 0 Å². The summed E-state index contributed by atoms with van der Waals surface area (Å²) in [6, 6.07) is -0.122. The lowest BCUT2D eigenvalue weighted by Crippen LogP contribution is -2.46. The molecule has 0 saturated heterocycles. The van der Waals surface area contributed by atoms with E-state index in [4.69, 9.17) is 5.11 Å². The lowest BCUT2D eigenvalue weighted by Gasteiger charge is -2.28. The molecular formula is C10H15NO3. The molecule has 4 heteroatoms. The Kier molecular flexibility index (Phi) is 2.21. The maximum atomic E-state index is 11.0. The monoisotopic (exact) mass is 197 g/mol. The van der Waals surface area contributed by atoms with E-state index in [1.54, 1.807) is 0 Å². The number of aliphatic carboxylic acids is 1. The maximum Gasteiger partial charge on any atom is 0.308 e. The molecule has 2 fully saturated rings. The molecule has 1 amide bonds. The van der Waals surface area contributed by atoms with Gasteiger partial charge < -0.3 is 10.4 Å². The standard InChI is InChI=1S/C10H15NO3/c1-5(12)11-9-7-3-2-6(4-7)8(9)10(13)14/h6-9H,2-4H2,1H3,(H,11,12)(H,13,14). The van der Waals surface area contributed by atoms with Crippen LogP contribution in [0.5, 0.6) is 0 Å². The lowest BCUT2D eigenvalue weighted by atomic mass is 9.84. The summed E-state index contributed by atoms with van der Waals surface area (Å²) in [4.78, 5) is 22.0. The van der Waals surface area contributed by atoms with E-state index in [0.29, 0.717) is 5.92 Å². The fourth-order valence-electron chi connectivity index (χ4n) is 3.09. The molecule has 0 aromatic rings. The molecule has 4 atom stereocenters. The summed E-state index contributed by atoms with van der Waals surface area (Å²) < 4.78 is 0. The Labute approximate surface area is 82.7 Å². The van der Waals surface area contributed by atoms with E-state index in [0.717, 1.165) is 19.3 Å². The molecule has 2 aliphatic carbocycles. The molecular weight excluding hydrogens is 182 g/mol. The number of hydrogen-bond acceptors (Lipinski definition) is 2. The SMILES string of the molecule is CC(=O)NC1C2CCC(C2)C1C(=O)O. The van der Waals surface area contributed by atoms with E-state index in [1.165, 1.54) is 6.92 Å². The minimum atomic E-state index is -0.754. The largest absolute Gasteiger partial charge is 0.481 e. The number of hydrogen-bond donors (Lipinski definition) is 2. The molecule has 4 unspecified atom stereocenters. The molecule has 14 heavy (non-hydrogen) atoms. The normalized spacial score (nSPS) is 39.8. The number of rotatable bonds is 2. The first-order valence-electron chi connectivity index (χ1n) is 5.09. The van der Waals surface area contributed by atoms with Crippen molar-refractivity contribution in [1.82, 2.24) is 5.32 Å². The maximum absolute atomic E-state index is 11.0. The van der Waals surface area contributed by atoms with Gasteiger partial charge in [-0.15, -0.1) is 0 Å². The van der Waals surface area contributed by atoms with Gasteiger partial charge in [0.15, 0.2) is 0 Å². The van der Waals surface area contributed by atoms with E-state index >= 15 is 0 Å². The molecule has 2 N–H and O–H groups in total. The quantitative estimate of drug-likeness (QED) is 0.682. The first-order valence-corrected chi connectivity index (χ1v) is 5.09. The van der Waals surface area contributed by atoms with Gasteiger partial charge >= 0.3 is 5.97 Å². The second-order valence-corrected chi connectivity index (χ2v) is 4.42. The smallest absolute Gasteiger partial charge is 0.308 e. The Bertz CT molecular complexity index is 277. The average Bonchev–Trinajstić information content (AvgIpc) is 2.61. The van der Waals surface area contributed by atoms with Crippen LogP contribution in [0.1, 0.15) is 26.2 Å². The van der Waals surface area contributed by atoms with E-state index in [1.807, 2.05) is 0 Å². The van der Waals surface area contributed by atoms with Crippen LogP contribution in [0.3, 0.4) is 0 Å². The number of carbonyl (C=O) groups is 2. The van der Waals surface area contributed by atoms with Crippen molar-refractivity contribution < 1.29 is 14.7 Å². The van der Waals surface area contributed by atoms with E-state index in [2.05, 4.69) is 5.32 Å². The van der Waals surface area contributed by atoms with Crippen molar-refractivity contribution in [1.29, 1.82) is 0 Å². The van der Waals surface area contributed by atoms with Gasteiger partial charge in [0, 0.05) is 13.0 Å². The Morgan fingerprint density at radius 1 is 1.29 bits per heavy atom. The number of carbonyl (C=O) groups excluding carboxylic acids is 1. The van der Waals surface area contributed by atoms with Crippen molar-refractivity contribution in [3.05, 3.63) is 0 Å². The van der Waals surface area contributed by atoms with Gasteiger partial charge in [-0.2, -0.15) is 0 Å². The van der Waals surface area contributed by atoms with Crippen molar-refractivity contribution in [2.75, 3.05) is 0 Å². The van der Waals surface area contributed by atoms with Crippen LogP contribution in [-0.4, -0.2) is 23.0 Å². The van der Waals surface area contributed by atoms with Crippen molar-refractivity contribution in [2.24, 2.45) is 17.8 Å². The van der Waals surface area contributed by atoms with Gasteiger partial charge in [-0.3, -0.25) is 9.59 Å². The fourth-order valence-corrected chi connectivity index (χ4v) is 3.09. The highest BCUT2D eigenvalue weighted by Crippen LogP contribution is 2.48. The molecule has 2 rings (SSSR count). The van der Waals surface area contributed by atoms with Gasteiger partial charge in [0.2, 0.25) is 5.91 Å². The second kappa shape index (κ2) is 3.26. The zero-order chi connectivity index (χ0) is 10.3. The third kappa shape index (κ3) is 1.38. The molecule has 0 heterocycles. The minimum Gasteiger partial charge on any atom is -0.481 e. The Morgan fingerprint density at radius 2 is 1.93 bits per heavy atom. The summed E-state index contributed by atoms with van der Waals surface area (Å²) >= 11 is 0. The first-order chi connectivity index (χ1) is 6.59. The Morgan fingerprint density at radius 3 is 2.50 bits per heavy atom. The van der Waals surface area contributed by atoms with Crippen LogP contribution in [0.4, 0.5) is 0 Å². The highest BCUT2D eigenvalue weighted by molar-refractivity contribution is 5.77. The van der Waals surface area contributed by atoms with E-state index < -0.39 is 5.97 Å². The molecule has 78 valence electrons. The van der Waals surface area contributed by atoms with Crippen LogP contribution in [0.15, 0.2) is 0 Å². The van der Waals surface area contributed by atoms with Crippen LogP contribution in [0.2, 0.25) is 0 Å². The van der Waals surface area contributed by atoms with E-state index in [-0.39, 0.29) is 23.8 Å². The topological polar surface area (TPSA) is 66.4 Å². The van der Waals surface area contributed by atoms with Gasteiger partial charge in [0.05, 0.1) is 5.92 Å². The van der Waals surface area contributed by atoms with Gasteiger partial charge in [-0.05, 0) is 31.1 Å². The second-order valence-electron chi connectivity index (χ2n) is 4.42. The summed E-state index contributed by atoms with van der Waals surface area (Å²) in [6.07, 6.45) is 3.05. The molecule has 0 aliphatic heterocycles. The van der Waals surface area contributed by atoms with Crippen LogP contribution >= 0.6 is 0 Å². The highest BCUT2D eigenvalue weighted by atomic mass is 16.4. The number of amides is 1. The Hall–Kier alpha value is -1.06. The van der Waals surface area contributed by atoms with Crippen LogP contribution in [-0.2, 0) is 9.59 Å². The molecule has 2 aliphatic rings. The van der Waals surface area contributed by atoms with Crippen molar-refractivity contribution >= 4 is 11.9 Å². The Balaban J connectivity index is 2.13. The van der Waals surface area contributed by atoms with E-state index in [9.17, 15) is 9.59 Å². The van der Waals surface area contributed by atoms with Crippen LogP contribution in [0.25, 0.3) is 0 Å². The molecule has 0 radical (unpaired) electrons. The zero-order valence-electron chi connectivity index (χ0n) is 8.19. The summed E-state index contributed by atoms with van der Waals surface area (Å²) in [6.45, 7) is 1.45. The number of carboxylic acid groups (broad SMARTS) is 1. The molecule has 2 saturated carbocycles. The predicted octanol–water partition coefficient (Wildman–Crippen LogP) is 0.622. The number of carboxylic acids is 1. The minimum absolute atomic E-state index is 0.117. The number of fused-ring (bicyclic) bond motifs is 2. The third-order valence-corrected chi connectivity index (χ3v) is 3.57. The first kappa shape index (κ1) is 9.49. The summed E-state index contributed by atoms with van der Waals surface area (Å²) in [7, 11) is 0. The zero-order valence-corrected chi connectivity index (χ0v) is 8.19. The van der Waals surface area contributed by atoms with Gasteiger partial charge in [0.25, 0.3) is 0 Å². The molecule has 2 bridgehead atoms. The third-order valence-electron chi connectivity index (χ3n) is 3.57. The molecule has 0 aromatic carbocycles. The van der Waals surface area contributed by atoms with Crippen LogP contribution in [0, 0.1) is 17.8 Å². The number of nitrogens with one attached hydrogen (secondary N) is 1. The summed E-state index contributed by atoms with van der Waals surface area (Å²) in [5, 5.41) is 11.9. The summed E-state index contributed by atoms with van der Waals surface area (Å²) in [5.41, 5.74) is 0. The highest BCUT2D eigenvalue weighted by Gasteiger charge is 2.51.